The van der Waals surface area contributed by atoms with Gasteiger partial charge in [0.25, 0.3) is 0 Å². The summed E-state index contributed by atoms with van der Waals surface area (Å²) in [6, 6.07) is 9.94. The predicted molar refractivity (Wildman–Crippen MR) is 83.6 cm³/mol. The third-order valence-corrected chi connectivity index (χ3v) is 3.60. The van der Waals surface area contributed by atoms with Gasteiger partial charge >= 0.3 is 0 Å². The summed E-state index contributed by atoms with van der Waals surface area (Å²) in [6.07, 6.45) is 4.59. The minimum Gasteiger partial charge on any atom is -0.352 e. The van der Waals surface area contributed by atoms with Gasteiger partial charge in [-0.2, -0.15) is 5.10 Å². The number of aromatic nitrogens is 2. The first kappa shape index (κ1) is 15.5. The second kappa shape index (κ2) is 7.24. The molecule has 0 spiro atoms. The van der Waals surface area contributed by atoms with Crippen molar-refractivity contribution in [2.24, 2.45) is 5.92 Å². The monoisotopic (exact) mass is 306 g/mol. The van der Waals surface area contributed by atoms with Gasteiger partial charge in [-0.05, 0) is 36.7 Å². The molecule has 2 aromatic rings. The van der Waals surface area contributed by atoms with Crippen LogP contribution in [0.3, 0.4) is 0 Å². The Kier molecular flexibility index (Phi) is 5.36. The molecule has 1 aliphatic rings. The Morgan fingerprint density at radius 1 is 1.38 bits per heavy atom. The summed E-state index contributed by atoms with van der Waals surface area (Å²) < 4.78 is 1.81. The number of amides is 1. The van der Waals surface area contributed by atoms with Gasteiger partial charge < -0.3 is 10.6 Å². The molecule has 6 heteroatoms. The molecule has 0 aliphatic carbocycles. The third-order valence-electron chi connectivity index (χ3n) is 3.60. The Morgan fingerprint density at radius 2 is 2.19 bits per heavy atom. The predicted octanol–water partition coefficient (Wildman–Crippen LogP) is 1.52. The van der Waals surface area contributed by atoms with Gasteiger partial charge in [0.05, 0.1) is 11.6 Å². The Hall–Kier alpha value is -1.85. The first-order chi connectivity index (χ1) is 9.83. The Balaban J connectivity index is 0.00000161. The molecule has 1 aromatic heterocycles. The zero-order chi connectivity index (χ0) is 13.8. The number of hydrogen-bond donors (Lipinski definition) is 2. The van der Waals surface area contributed by atoms with Crippen molar-refractivity contribution in [3.8, 4) is 5.69 Å². The van der Waals surface area contributed by atoms with Crippen molar-refractivity contribution in [3.63, 3.8) is 0 Å². The highest BCUT2D eigenvalue weighted by Crippen LogP contribution is 2.10. The molecule has 3 rings (SSSR count). The first-order valence-corrected chi connectivity index (χ1v) is 6.90. The number of hydrogen-bond acceptors (Lipinski definition) is 3. The first-order valence-electron chi connectivity index (χ1n) is 6.90. The van der Waals surface area contributed by atoms with E-state index in [9.17, 15) is 4.79 Å². The van der Waals surface area contributed by atoms with Gasteiger partial charge in [-0.1, -0.05) is 12.1 Å². The van der Waals surface area contributed by atoms with E-state index in [1.807, 2.05) is 41.2 Å². The summed E-state index contributed by atoms with van der Waals surface area (Å²) >= 11 is 0. The zero-order valence-corrected chi connectivity index (χ0v) is 12.5. The van der Waals surface area contributed by atoms with Crippen molar-refractivity contribution in [1.29, 1.82) is 0 Å². The van der Waals surface area contributed by atoms with Crippen molar-refractivity contribution in [2.75, 3.05) is 13.1 Å². The number of carbonyl (C=O) groups excluding carboxylic acids is 1. The lowest BCUT2D eigenvalue weighted by Crippen LogP contribution is -2.31. The van der Waals surface area contributed by atoms with Gasteiger partial charge in [0.1, 0.15) is 0 Å². The minimum absolute atomic E-state index is 0. The molecule has 1 atom stereocenters. The molecule has 1 aromatic carbocycles. The summed E-state index contributed by atoms with van der Waals surface area (Å²) in [5.74, 6) is 0.268. The molecule has 0 bridgehead atoms. The summed E-state index contributed by atoms with van der Waals surface area (Å²) in [7, 11) is 0. The van der Waals surface area contributed by atoms with E-state index >= 15 is 0 Å². The number of carbonyl (C=O) groups is 1. The summed E-state index contributed by atoms with van der Waals surface area (Å²) in [5, 5.41) is 10.4. The normalized spacial score (nSPS) is 17.2. The van der Waals surface area contributed by atoms with Crippen LogP contribution in [0.25, 0.3) is 5.69 Å². The fourth-order valence-electron chi connectivity index (χ4n) is 2.40. The van der Waals surface area contributed by atoms with E-state index in [1.165, 1.54) is 0 Å². The second-order valence-electron chi connectivity index (χ2n) is 5.02. The molecule has 1 saturated heterocycles. The van der Waals surface area contributed by atoms with E-state index in [-0.39, 0.29) is 24.2 Å². The molecule has 112 valence electrons. The molecular weight excluding hydrogens is 288 g/mol. The smallest absolute Gasteiger partial charge is 0.224 e. The van der Waals surface area contributed by atoms with Gasteiger partial charge in [-0.3, -0.25) is 4.79 Å². The fourth-order valence-corrected chi connectivity index (χ4v) is 2.40. The highest BCUT2D eigenvalue weighted by atomic mass is 35.5. The average molecular weight is 307 g/mol. The highest BCUT2D eigenvalue weighted by molar-refractivity contribution is 5.85. The lowest BCUT2D eigenvalue weighted by molar-refractivity contribution is -0.124. The molecule has 1 aliphatic heterocycles. The minimum atomic E-state index is 0. The maximum absolute atomic E-state index is 11.9. The fraction of sp³-hybridized carbons (Fsp3) is 0.333. The number of nitrogens with one attached hydrogen (secondary N) is 2. The Bertz CT molecular complexity index is 562. The third kappa shape index (κ3) is 3.83. The van der Waals surface area contributed by atoms with Crippen LogP contribution in [-0.4, -0.2) is 28.8 Å². The van der Waals surface area contributed by atoms with Crippen LogP contribution in [0.5, 0.6) is 0 Å². The van der Waals surface area contributed by atoms with Crippen LogP contribution in [0.1, 0.15) is 12.0 Å². The van der Waals surface area contributed by atoms with E-state index in [1.54, 1.807) is 6.20 Å². The van der Waals surface area contributed by atoms with Gasteiger partial charge in [0, 0.05) is 25.5 Å². The van der Waals surface area contributed by atoms with E-state index in [0.29, 0.717) is 6.54 Å². The van der Waals surface area contributed by atoms with Crippen molar-refractivity contribution in [1.82, 2.24) is 20.4 Å². The second-order valence-corrected chi connectivity index (χ2v) is 5.02. The van der Waals surface area contributed by atoms with Gasteiger partial charge in [0.2, 0.25) is 5.91 Å². The number of halogens is 1. The van der Waals surface area contributed by atoms with Crippen LogP contribution in [0.15, 0.2) is 42.7 Å². The molecule has 2 N–H and O–H groups in total. The van der Waals surface area contributed by atoms with E-state index < -0.39 is 0 Å². The standard InChI is InChI=1S/C15H18N4O.ClH/c20-15(13-6-8-16-11-13)17-10-12-2-4-14(5-3-12)19-9-1-7-18-19;/h1-5,7,9,13,16H,6,8,10-11H2,(H,17,20);1H. The maximum Gasteiger partial charge on any atom is 0.224 e. The molecule has 1 unspecified atom stereocenters. The van der Waals surface area contributed by atoms with E-state index in [0.717, 1.165) is 30.8 Å². The summed E-state index contributed by atoms with van der Waals surface area (Å²) in [6.45, 7) is 2.31. The maximum atomic E-state index is 11.9. The van der Waals surface area contributed by atoms with Crippen LogP contribution in [0, 0.1) is 5.92 Å². The van der Waals surface area contributed by atoms with Gasteiger partial charge in [-0.15, -0.1) is 12.4 Å². The quantitative estimate of drug-likeness (QED) is 0.900. The van der Waals surface area contributed by atoms with Crippen LogP contribution in [0.2, 0.25) is 0 Å². The largest absolute Gasteiger partial charge is 0.352 e. The molecule has 0 saturated carbocycles. The molecule has 21 heavy (non-hydrogen) atoms. The number of benzene rings is 1. The zero-order valence-electron chi connectivity index (χ0n) is 11.7. The Morgan fingerprint density at radius 3 is 2.81 bits per heavy atom. The SMILES string of the molecule is Cl.O=C(NCc1ccc(-n2cccn2)cc1)C1CCNC1. The van der Waals surface area contributed by atoms with Crippen molar-refractivity contribution in [2.45, 2.75) is 13.0 Å². The molecule has 0 radical (unpaired) electrons. The topological polar surface area (TPSA) is 59.0 Å². The molecule has 5 nitrogen and oxygen atoms in total. The lowest BCUT2D eigenvalue weighted by atomic mass is 10.1. The van der Waals surface area contributed by atoms with Crippen LogP contribution in [-0.2, 0) is 11.3 Å². The number of rotatable bonds is 4. The van der Waals surface area contributed by atoms with E-state index in [4.69, 9.17) is 0 Å². The molecular formula is C15H19ClN4O. The summed E-state index contributed by atoms with van der Waals surface area (Å²) in [4.78, 5) is 11.9. The summed E-state index contributed by atoms with van der Waals surface area (Å²) in [5.41, 5.74) is 2.12. The number of nitrogens with zero attached hydrogens (tertiary/aromatic N) is 2. The molecule has 2 heterocycles. The average Bonchev–Trinajstić information content (AvgIpc) is 3.18. The van der Waals surface area contributed by atoms with E-state index in [2.05, 4.69) is 15.7 Å². The van der Waals surface area contributed by atoms with Crippen molar-refractivity contribution < 1.29 is 4.79 Å². The van der Waals surface area contributed by atoms with Crippen LogP contribution < -0.4 is 10.6 Å². The van der Waals surface area contributed by atoms with Gasteiger partial charge in [0.15, 0.2) is 0 Å². The molecule has 1 amide bonds. The lowest BCUT2D eigenvalue weighted by Gasteiger charge is -2.10. The Labute approximate surface area is 130 Å². The highest BCUT2D eigenvalue weighted by Gasteiger charge is 2.21. The van der Waals surface area contributed by atoms with Crippen molar-refractivity contribution in [3.05, 3.63) is 48.3 Å². The molecule has 1 fully saturated rings. The van der Waals surface area contributed by atoms with Crippen LogP contribution >= 0.6 is 12.4 Å². The van der Waals surface area contributed by atoms with Crippen LogP contribution in [0.4, 0.5) is 0 Å². The van der Waals surface area contributed by atoms with Gasteiger partial charge in [-0.25, -0.2) is 4.68 Å². The van der Waals surface area contributed by atoms with Crippen molar-refractivity contribution >= 4 is 18.3 Å².